The first-order valence-electron chi connectivity index (χ1n) is 9.53. The molecule has 3 aromatic carbocycles. The van der Waals surface area contributed by atoms with Crippen molar-refractivity contribution in [2.24, 2.45) is 0 Å². The second-order valence-electron chi connectivity index (χ2n) is 6.98. The number of carbonyl (C=O) groups is 2. The van der Waals surface area contributed by atoms with Gasteiger partial charge in [-0.15, -0.1) is 0 Å². The van der Waals surface area contributed by atoms with Gasteiger partial charge in [0.2, 0.25) is 0 Å². The largest absolute Gasteiger partial charge is 0.456 e. The van der Waals surface area contributed by atoms with E-state index >= 15 is 0 Å². The van der Waals surface area contributed by atoms with E-state index in [1.165, 1.54) is 0 Å². The fraction of sp³-hybridized carbons (Fsp3) is 0.0909. The summed E-state index contributed by atoms with van der Waals surface area (Å²) in [6.07, 6.45) is -10.2. The predicted molar refractivity (Wildman–Crippen MR) is 107 cm³/mol. The maximum absolute atomic E-state index is 14.9. The van der Waals surface area contributed by atoms with Crippen molar-refractivity contribution in [1.29, 1.82) is 0 Å². The lowest BCUT2D eigenvalue weighted by Gasteiger charge is -2.18. The number of rotatable bonds is 5. The number of halogens is 8. The molecule has 0 aliphatic rings. The van der Waals surface area contributed by atoms with Crippen LogP contribution >= 0.6 is 0 Å². The third-order valence-electron chi connectivity index (χ3n) is 4.62. The molecule has 0 bridgehead atoms. The average Bonchev–Trinajstić information content (AvgIpc) is 2.78. The highest BCUT2D eigenvalue weighted by molar-refractivity contribution is 6.07. The SMILES string of the molecule is O=C(NO)c1cc(NC(=O)c2c(Oc3ccccc3C(F)(F)F)ccc(C(F)(F)F)c2F)ccc1F. The Labute approximate surface area is 196 Å². The van der Waals surface area contributed by atoms with Crippen LogP contribution < -0.4 is 15.5 Å². The highest BCUT2D eigenvalue weighted by Crippen LogP contribution is 2.41. The number of hydrogen-bond acceptors (Lipinski definition) is 4. The van der Waals surface area contributed by atoms with Gasteiger partial charge in [-0.3, -0.25) is 14.8 Å². The van der Waals surface area contributed by atoms with Crippen LogP contribution in [-0.2, 0) is 12.4 Å². The molecule has 0 aliphatic carbocycles. The Hall–Kier alpha value is -4.20. The number of nitrogens with one attached hydrogen (secondary N) is 2. The maximum Gasteiger partial charge on any atom is 0.419 e. The van der Waals surface area contributed by atoms with E-state index in [0.717, 1.165) is 29.7 Å². The lowest BCUT2D eigenvalue weighted by Crippen LogP contribution is -2.21. The molecule has 0 aromatic heterocycles. The van der Waals surface area contributed by atoms with E-state index in [1.807, 2.05) is 5.32 Å². The van der Waals surface area contributed by atoms with Crippen LogP contribution in [0.5, 0.6) is 11.5 Å². The molecule has 0 saturated carbocycles. The van der Waals surface area contributed by atoms with Gasteiger partial charge >= 0.3 is 12.4 Å². The molecule has 2 amide bonds. The van der Waals surface area contributed by atoms with Crippen LogP contribution in [0, 0.1) is 11.6 Å². The normalized spacial score (nSPS) is 11.7. The molecular weight excluding hydrogens is 508 g/mol. The summed E-state index contributed by atoms with van der Waals surface area (Å²) < 4.78 is 113. The number of benzene rings is 3. The van der Waals surface area contributed by atoms with E-state index in [9.17, 15) is 44.7 Å². The van der Waals surface area contributed by atoms with Crippen molar-refractivity contribution in [2.45, 2.75) is 12.4 Å². The smallest absolute Gasteiger partial charge is 0.419 e. The van der Waals surface area contributed by atoms with Gasteiger partial charge in [-0.1, -0.05) is 12.1 Å². The minimum Gasteiger partial charge on any atom is -0.456 e. The highest BCUT2D eigenvalue weighted by Gasteiger charge is 2.38. The second kappa shape index (κ2) is 9.81. The molecule has 6 nitrogen and oxygen atoms in total. The number of hydrogen-bond donors (Lipinski definition) is 3. The van der Waals surface area contributed by atoms with E-state index in [2.05, 4.69) is 0 Å². The number of para-hydroxylation sites is 1. The van der Waals surface area contributed by atoms with E-state index in [4.69, 9.17) is 9.94 Å². The van der Waals surface area contributed by atoms with Crippen LogP contribution in [0.4, 0.5) is 40.8 Å². The van der Waals surface area contributed by atoms with Gasteiger partial charge in [0.25, 0.3) is 11.8 Å². The van der Waals surface area contributed by atoms with Crippen LogP contribution in [0.25, 0.3) is 0 Å². The van der Waals surface area contributed by atoms with Crippen molar-refractivity contribution in [2.75, 3.05) is 5.32 Å². The van der Waals surface area contributed by atoms with Crippen LogP contribution in [-0.4, -0.2) is 17.0 Å². The van der Waals surface area contributed by atoms with Crippen LogP contribution in [0.2, 0.25) is 0 Å². The second-order valence-corrected chi connectivity index (χ2v) is 6.98. The molecule has 3 N–H and O–H groups in total. The summed E-state index contributed by atoms with van der Waals surface area (Å²) in [6, 6.07) is 6.34. The van der Waals surface area contributed by atoms with Crippen LogP contribution in [0.3, 0.4) is 0 Å². The number of alkyl halides is 6. The van der Waals surface area contributed by atoms with Crippen LogP contribution in [0.15, 0.2) is 54.6 Å². The molecule has 0 unspecified atom stereocenters. The molecule has 3 rings (SSSR count). The lowest BCUT2D eigenvalue weighted by molar-refractivity contribution is -0.140. The number of hydroxylamine groups is 1. The third kappa shape index (κ3) is 5.54. The van der Waals surface area contributed by atoms with E-state index in [-0.39, 0.29) is 6.07 Å². The summed E-state index contributed by atoms with van der Waals surface area (Å²) in [5.41, 5.74) is -4.78. The van der Waals surface area contributed by atoms with E-state index < -0.39 is 75.2 Å². The predicted octanol–water partition coefficient (Wildman–Crippen LogP) is 6.17. The topological polar surface area (TPSA) is 87.7 Å². The van der Waals surface area contributed by atoms with Gasteiger partial charge in [0, 0.05) is 5.69 Å². The Balaban J connectivity index is 2.11. The van der Waals surface area contributed by atoms with E-state index in [0.29, 0.717) is 24.3 Å². The van der Waals surface area contributed by atoms with Gasteiger partial charge in [0.1, 0.15) is 22.9 Å². The van der Waals surface area contributed by atoms with Gasteiger partial charge in [0.15, 0.2) is 5.82 Å². The van der Waals surface area contributed by atoms with Crippen molar-refractivity contribution in [1.82, 2.24) is 5.48 Å². The minimum absolute atomic E-state index is 0.180. The summed E-state index contributed by atoms with van der Waals surface area (Å²) >= 11 is 0. The Morgan fingerprint density at radius 2 is 1.42 bits per heavy atom. The number of ether oxygens (including phenoxy) is 1. The molecule has 0 heterocycles. The van der Waals surface area contributed by atoms with Crippen molar-refractivity contribution >= 4 is 17.5 Å². The Kier molecular flexibility index (Phi) is 7.20. The van der Waals surface area contributed by atoms with Gasteiger partial charge in [-0.25, -0.2) is 14.3 Å². The number of carbonyl (C=O) groups excluding carboxylic acids is 2. The summed E-state index contributed by atoms with van der Waals surface area (Å²) in [7, 11) is 0. The number of anilines is 1. The van der Waals surface area contributed by atoms with Gasteiger partial charge in [0.05, 0.1) is 16.7 Å². The zero-order valence-electron chi connectivity index (χ0n) is 17.4. The summed E-state index contributed by atoms with van der Waals surface area (Å²) in [6.45, 7) is 0. The third-order valence-corrected chi connectivity index (χ3v) is 4.62. The molecular formula is C22H12F8N2O4. The first-order chi connectivity index (χ1) is 16.7. The maximum atomic E-state index is 14.9. The summed E-state index contributed by atoms with van der Waals surface area (Å²) in [4.78, 5) is 24.3. The van der Waals surface area contributed by atoms with Gasteiger partial charge in [-0.05, 0) is 42.5 Å². The van der Waals surface area contributed by atoms with Gasteiger partial charge < -0.3 is 10.1 Å². The quantitative estimate of drug-likeness (QED) is 0.214. The molecule has 36 heavy (non-hydrogen) atoms. The van der Waals surface area contributed by atoms with Crippen molar-refractivity contribution in [3.8, 4) is 11.5 Å². The van der Waals surface area contributed by atoms with E-state index in [1.54, 1.807) is 0 Å². The molecule has 0 atom stereocenters. The standard InChI is InChI=1S/C22H12F8N2O4/c23-14-7-5-10(9-11(14)19(33)32-35)31-20(34)17-16(8-6-13(18(17)24)22(28,29)30)36-15-4-2-1-3-12(15)21(25,26)27/h1-9,35H,(H,31,34)(H,32,33). The fourth-order valence-corrected chi connectivity index (χ4v) is 3.01. The molecule has 3 aromatic rings. The Bertz CT molecular complexity index is 1320. The van der Waals surface area contributed by atoms with Crippen molar-refractivity contribution in [3.05, 3.63) is 88.5 Å². The highest BCUT2D eigenvalue weighted by atomic mass is 19.4. The molecule has 190 valence electrons. The molecule has 0 fully saturated rings. The van der Waals surface area contributed by atoms with Gasteiger partial charge in [-0.2, -0.15) is 26.3 Å². The minimum atomic E-state index is -5.29. The fourth-order valence-electron chi connectivity index (χ4n) is 3.01. The average molecular weight is 520 g/mol. The van der Waals surface area contributed by atoms with Crippen LogP contribution in [0.1, 0.15) is 31.8 Å². The van der Waals surface area contributed by atoms with Crippen molar-refractivity contribution < 1.29 is 54.7 Å². The molecule has 14 heteroatoms. The first kappa shape index (κ1) is 26.4. The monoisotopic (exact) mass is 520 g/mol. The zero-order chi connectivity index (χ0) is 26.8. The summed E-state index contributed by atoms with van der Waals surface area (Å²) in [5, 5.41) is 10.6. The first-order valence-corrected chi connectivity index (χ1v) is 9.53. The molecule has 0 aliphatic heterocycles. The Morgan fingerprint density at radius 1 is 0.778 bits per heavy atom. The van der Waals surface area contributed by atoms with Crippen molar-refractivity contribution in [3.63, 3.8) is 0 Å². The molecule has 0 spiro atoms. The zero-order valence-corrected chi connectivity index (χ0v) is 17.4. The number of amides is 2. The summed E-state index contributed by atoms with van der Waals surface area (Å²) in [5.74, 6) is -8.20. The molecule has 0 radical (unpaired) electrons. The Morgan fingerprint density at radius 3 is 2.03 bits per heavy atom. The molecule has 0 saturated heterocycles. The lowest BCUT2D eigenvalue weighted by atomic mass is 10.1.